The molecule has 2 N–H and O–H groups in total. The molecular weight excluding hydrogens is 324 g/mol. The predicted molar refractivity (Wildman–Crippen MR) is 99.9 cm³/mol. The van der Waals surface area contributed by atoms with Crippen LogP contribution in [0.5, 0.6) is 0 Å². The van der Waals surface area contributed by atoms with Gasteiger partial charge in [0.2, 0.25) is 5.82 Å². The van der Waals surface area contributed by atoms with Crippen LogP contribution in [0.1, 0.15) is 62.5 Å². The third-order valence-corrected chi connectivity index (χ3v) is 6.30. The topological polar surface area (TPSA) is 52.5 Å². The molecule has 140 valence electrons. The first-order chi connectivity index (χ1) is 12.8. The van der Waals surface area contributed by atoms with Crippen molar-refractivity contribution >= 4 is 0 Å². The zero-order valence-corrected chi connectivity index (χ0v) is 15.9. The average Bonchev–Trinajstić information content (AvgIpc) is 3.36. The van der Waals surface area contributed by atoms with E-state index in [2.05, 4.69) is 57.5 Å². The molecule has 1 aromatic carbocycles. The number of hydrogen-bond donors (Lipinski definition) is 2. The maximum atomic E-state index is 4.47. The molecular formula is C20H32N6+2. The van der Waals surface area contributed by atoms with Crippen molar-refractivity contribution in [2.24, 2.45) is 0 Å². The molecule has 0 radical (unpaired) electrons. The first-order valence-electron chi connectivity index (χ1n) is 10.3. The second-order valence-corrected chi connectivity index (χ2v) is 7.95. The molecule has 1 saturated carbocycles. The van der Waals surface area contributed by atoms with Crippen LogP contribution in [0, 0.1) is 0 Å². The molecule has 2 heterocycles. The SMILES string of the molecule is CC[C@H](c1nnnn1C1CCCC1)[NH+]1CC[NH+](Cc2ccccc2)CC1. The first kappa shape index (κ1) is 17.6. The van der Waals surface area contributed by atoms with E-state index >= 15 is 0 Å². The van der Waals surface area contributed by atoms with Gasteiger partial charge in [0.05, 0.1) is 6.04 Å². The highest BCUT2D eigenvalue weighted by Crippen LogP contribution is 2.30. The summed E-state index contributed by atoms with van der Waals surface area (Å²) in [6, 6.07) is 11.8. The van der Waals surface area contributed by atoms with Gasteiger partial charge in [-0.1, -0.05) is 50.1 Å². The van der Waals surface area contributed by atoms with Crippen LogP contribution < -0.4 is 9.80 Å². The van der Waals surface area contributed by atoms with Gasteiger partial charge in [-0.15, -0.1) is 5.10 Å². The van der Waals surface area contributed by atoms with Crippen molar-refractivity contribution in [1.29, 1.82) is 0 Å². The van der Waals surface area contributed by atoms with Gasteiger partial charge in [-0.05, 0) is 23.3 Å². The van der Waals surface area contributed by atoms with Gasteiger partial charge < -0.3 is 9.80 Å². The maximum absolute atomic E-state index is 4.47. The summed E-state index contributed by atoms with van der Waals surface area (Å²) in [7, 11) is 0. The number of hydrogen-bond acceptors (Lipinski definition) is 3. The predicted octanol–water partition coefficient (Wildman–Crippen LogP) is 0.223. The molecule has 1 saturated heterocycles. The van der Waals surface area contributed by atoms with E-state index in [0.717, 1.165) is 18.8 Å². The molecule has 2 aliphatic rings. The van der Waals surface area contributed by atoms with E-state index in [1.165, 1.54) is 57.4 Å². The Bertz CT molecular complexity index is 671. The second kappa shape index (κ2) is 8.27. The molecule has 0 spiro atoms. The lowest BCUT2D eigenvalue weighted by atomic mass is 10.1. The van der Waals surface area contributed by atoms with Crippen LogP contribution >= 0.6 is 0 Å². The highest BCUT2D eigenvalue weighted by Gasteiger charge is 2.34. The van der Waals surface area contributed by atoms with E-state index in [1.54, 1.807) is 9.80 Å². The van der Waals surface area contributed by atoms with E-state index in [-0.39, 0.29) is 0 Å². The van der Waals surface area contributed by atoms with Gasteiger partial charge in [0.25, 0.3) is 0 Å². The smallest absolute Gasteiger partial charge is 0.209 e. The van der Waals surface area contributed by atoms with Crippen LogP contribution in [-0.4, -0.2) is 46.4 Å². The Morgan fingerprint density at radius 1 is 1.08 bits per heavy atom. The van der Waals surface area contributed by atoms with Crippen LogP contribution in [0.2, 0.25) is 0 Å². The minimum atomic E-state index is 0.434. The summed E-state index contributed by atoms with van der Waals surface area (Å²) in [4.78, 5) is 3.36. The van der Waals surface area contributed by atoms with Crippen LogP contribution in [0.3, 0.4) is 0 Å². The number of nitrogens with zero attached hydrogens (tertiary/aromatic N) is 4. The summed E-state index contributed by atoms with van der Waals surface area (Å²) in [5.41, 5.74) is 1.45. The van der Waals surface area contributed by atoms with Crippen LogP contribution in [0.15, 0.2) is 30.3 Å². The van der Waals surface area contributed by atoms with Crippen molar-refractivity contribution in [3.05, 3.63) is 41.7 Å². The van der Waals surface area contributed by atoms with Gasteiger partial charge in [0.1, 0.15) is 38.8 Å². The second-order valence-electron chi connectivity index (χ2n) is 7.95. The molecule has 26 heavy (non-hydrogen) atoms. The third kappa shape index (κ3) is 3.81. The fraction of sp³-hybridized carbons (Fsp3) is 0.650. The van der Waals surface area contributed by atoms with E-state index in [0.29, 0.717) is 12.1 Å². The van der Waals surface area contributed by atoms with Crippen LogP contribution in [0.25, 0.3) is 0 Å². The van der Waals surface area contributed by atoms with Crippen molar-refractivity contribution < 1.29 is 9.80 Å². The number of piperazine rings is 1. The number of benzene rings is 1. The summed E-state index contributed by atoms with van der Waals surface area (Å²) in [6.07, 6.45) is 6.21. The van der Waals surface area contributed by atoms with Crippen molar-refractivity contribution in [2.45, 2.75) is 57.7 Å². The lowest BCUT2D eigenvalue weighted by Gasteiger charge is -2.34. The highest BCUT2D eigenvalue weighted by molar-refractivity contribution is 5.13. The molecule has 0 unspecified atom stereocenters. The fourth-order valence-electron chi connectivity index (χ4n) is 4.83. The molecule has 6 nitrogen and oxygen atoms in total. The normalized spacial score (nSPS) is 25.4. The first-order valence-corrected chi connectivity index (χ1v) is 10.3. The summed E-state index contributed by atoms with van der Waals surface area (Å²) in [6.45, 7) is 8.30. The zero-order valence-electron chi connectivity index (χ0n) is 15.9. The Kier molecular flexibility index (Phi) is 5.60. The minimum Gasteiger partial charge on any atom is -0.322 e. The van der Waals surface area contributed by atoms with Gasteiger partial charge >= 0.3 is 0 Å². The van der Waals surface area contributed by atoms with Gasteiger partial charge in [0.15, 0.2) is 0 Å². The monoisotopic (exact) mass is 356 g/mol. The van der Waals surface area contributed by atoms with Gasteiger partial charge in [-0.25, -0.2) is 4.68 Å². The number of tetrazole rings is 1. The third-order valence-electron chi connectivity index (χ3n) is 6.30. The molecule has 0 amide bonds. The Morgan fingerprint density at radius 3 is 2.50 bits per heavy atom. The lowest BCUT2D eigenvalue weighted by Crippen LogP contribution is -3.27. The Hall–Kier alpha value is -1.79. The summed E-state index contributed by atoms with van der Waals surface area (Å²) >= 11 is 0. The summed E-state index contributed by atoms with van der Waals surface area (Å²) in [5.74, 6) is 1.13. The number of aromatic nitrogens is 4. The molecule has 0 bridgehead atoms. The minimum absolute atomic E-state index is 0.434. The lowest BCUT2D eigenvalue weighted by molar-refractivity contribution is -1.03. The van der Waals surface area contributed by atoms with Gasteiger partial charge in [-0.3, -0.25) is 0 Å². The summed E-state index contributed by atoms with van der Waals surface area (Å²) < 4.78 is 2.16. The van der Waals surface area contributed by atoms with Crippen LogP contribution in [-0.2, 0) is 6.54 Å². The molecule has 1 atom stereocenters. The van der Waals surface area contributed by atoms with Crippen molar-refractivity contribution in [2.75, 3.05) is 26.2 Å². The van der Waals surface area contributed by atoms with Crippen molar-refractivity contribution in [3.63, 3.8) is 0 Å². The fourth-order valence-corrected chi connectivity index (χ4v) is 4.83. The number of rotatable bonds is 6. The molecule has 6 heteroatoms. The number of quaternary nitrogens is 2. The van der Waals surface area contributed by atoms with E-state index in [1.807, 2.05) is 0 Å². The van der Waals surface area contributed by atoms with E-state index in [9.17, 15) is 0 Å². The molecule has 4 rings (SSSR count). The van der Waals surface area contributed by atoms with Gasteiger partial charge in [0, 0.05) is 12.0 Å². The molecule has 1 aliphatic heterocycles. The Morgan fingerprint density at radius 2 is 1.81 bits per heavy atom. The molecule has 2 fully saturated rings. The molecule has 1 aromatic heterocycles. The molecule has 2 aromatic rings. The number of nitrogens with one attached hydrogen (secondary N) is 2. The average molecular weight is 357 g/mol. The Balaban J connectivity index is 1.39. The standard InChI is InChI=1S/C20H30N6/c1-2-19(20-21-22-23-26(20)18-10-6-7-11-18)25-14-12-24(13-15-25)16-17-8-4-3-5-9-17/h3-5,8-9,18-19H,2,6-7,10-16H2,1H3/p+2/t19-/m1/s1. The van der Waals surface area contributed by atoms with Gasteiger partial charge in [-0.2, -0.15) is 0 Å². The van der Waals surface area contributed by atoms with Crippen molar-refractivity contribution in [1.82, 2.24) is 20.2 Å². The summed E-state index contributed by atoms with van der Waals surface area (Å²) in [5, 5.41) is 12.9. The molecule has 1 aliphatic carbocycles. The Labute approximate surface area is 156 Å². The van der Waals surface area contributed by atoms with Crippen molar-refractivity contribution in [3.8, 4) is 0 Å². The van der Waals surface area contributed by atoms with Crippen LogP contribution in [0.4, 0.5) is 0 Å². The zero-order chi connectivity index (χ0) is 17.8. The van der Waals surface area contributed by atoms with E-state index in [4.69, 9.17) is 0 Å². The largest absolute Gasteiger partial charge is 0.322 e. The maximum Gasteiger partial charge on any atom is 0.209 e. The quantitative estimate of drug-likeness (QED) is 0.779. The highest BCUT2D eigenvalue weighted by atomic mass is 15.6. The van der Waals surface area contributed by atoms with E-state index < -0.39 is 0 Å².